The van der Waals surface area contributed by atoms with Gasteiger partial charge in [0.15, 0.2) is 0 Å². The van der Waals surface area contributed by atoms with E-state index in [4.69, 9.17) is 4.74 Å². The van der Waals surface area contributed by atoms with E-state index in [1.807, 2.05) is 30.3 Å². The van der Waals surface area contributed by atoms with Crippen LogP contribution in [0.25, 0.3) is 0 Å². The van der Waals surface area contributed by atoms with Crippen molar-refractivity contribution in [2.45, 2.75) is 25.5 Å². The third-order valence-corrected chi connectivity index (χ3v) is 2.77. The summed E-state index contributed by atoms with van der Waals surface area (Å²) in [6, 6.07) is 9.75. The monoisotopic (exact) mass is 263 g/mol. The summed E-state index contributed by atoms with van der Waals surface area (Å²) in [7, 11) is 0. The molecule has 19 heavy (non-hydrogen) atoms. The van der Waals surface area contributed by atoms with E-state index in [2.05, 4.69) is 11.9 Å². The summed E-state index contributed by atoms with van der Waals surface area (Å²) in [4.78, 5) is 11.2. The molecular weight excluding hydrogens is 242 g/mol. The first kappa shape index (κ1) is 15.4. The first-order chi connectivity index (χ1) is 9.12. The number of nitrogens with one attached hydrogen (secondary N) is 1. The highest BCUT2D eigenvalue weighted by atomic mass is 16.5. The van der Waals surface area contributed by atoms with E-state index in [9.17, 15) is 9.90 Å². The molecule has 1 aromatic rings. The molecule has 0 aliphatic rings. The van der Waals surface area contributed by atoms with Crippen molar-refractivity contribution in [3.8, 4) is 0 Å². The van der Waals surface area contributed by atoms with Gasteiger partial charge in [0.2, 0.25) is 5.91 Å². The average molecular weight is 263 g/mol. The van der Waals surface area contributed by atoms with Crippen molar-refractivity contribution in [1.29, 1.82) is 0 Å². The Kier molecular flexibility index (Phi) is 6.25. The highest BCUT2D eigenvalue weighted by Gasteiger charge is 2.29. The van der Waals surface area contributed by atoms with E-state index < -0.39 is 5.54 Å². The van der Waals surface area contributed by atoms with Gasteiger partial charge in [-0.15, -0.1) is 6.58 Å². The van der Waals surface area contributed by atoms with Crippen LogP contribution in [0.1, 0.15) is 18.9 Å². The predicted molar refractivity (Wildman–Crippen MR) is 74.5 cm³/mol. The molecule has 2 N–H and O–H groups in total. The van der Waals surface area contributed by atoms with Crippen LogP contribution in [0.2, 0.25) is 0 Å². The van der Waals surface area contributed by atoms with Crippen LogP contribution in [0.4, 0.5) is 0 Å². The smallest absolute Gasteiger partial charge is 0.217 e. The lowest BCUT2D eigenvalue weighted by atomic mass is 9.97. The molecule has 0 bridgehead atoms. The van der Waals surface area contributed by atoms with Gasteiger partial charge in [-0.05, 0) is 12.0 Å². The van der Waals surface area contributed by atoms with Crippen molar-refractivity contribution in [3.05, 3.63) is 48.6 Å². The van der Waals surface area contributed by atoms with Gasteiger partial charge in [-0.25, -0.2) is 0 Å². The summed E-state index contributed by atoms with van der Waals surface area (Å²) in [6.45, 7) is 5.57. The Morgan fingerprint density at radius 1 is 1.47 bits per heavy atom. The Balaban J connectivity index is 2.57. The molecule has 4 heteroatoms. The van der Waals surface area contributed by atoms with Crippen LogP contribution >= 0.6 is 0 Å². The molecule has 4 nitrogen and oxygen atoms in total. The fraction of sp³-hybridized carbons (Fsp3) is 0.400. The molecule has 1 rings (SSSR count). The van der Waals surface area contributed by atoms with Crippen LogP contribution in [0.5, 0.6) is 0 Å². The molecule has 0 radical (unpaired) electrons. The van der Waals surface area contributed by atoms with E-state index in [1.54, 1.807) is 6.08 Å². The highest BCUT2D eigenvalue weighted by molar-refractivity contribution is 5.73. The largest absolute Gasteiger partial charge is 0.394 e. The maximum Gasteiger partial charge on any atom is 0.217 e. The molecule has 1 atom stereocenters. The Morgan fingerprint density at radius 2 is 2.16 bits per heavy atom. The van der Waals surface area contributed by atoms with Crippen molar-refractivity contribution < 1.29 is 14.6 Å². The molecule has 0 spiro atoms. The zero-order valence-electron chi connectivity index (χ0n) is 11.3. The van der Waals surface area contributed by atoms with Gasteiger partial charge < -0.3 is 15.2 Å². The van der Waals surface area contributed by atoms with Gasteiger partial charge >= 0.3 is 0 Å². The Bertz CT molecular complexity index is 405. The number of rotatable bonds is 8. The van der Waals surface area contributed by atoms with E-state index in [1.165, 1.54) is 6.92 Å². The van der Waals surface area contributed by atoms with Crippen LogP contribution in [-0.4, -0.2) is 29.8 Å². The van der Waals surface area contributed by atoms with Crippen LogP contribution in [-0.2, 0) is 16.1 Å². The second-order valence-corrected chi connectivity index (χ2v) is 4.59. The fourth-order valence-corrected chi connectivity index (χ4v) is 1.88. The lowest BCUT2D eigenvalue weighted by molar-refractivity contribution is -0.122. The van der Waals surface area contributed by atoms with Crippen molar-refractivity contribution >= 4 is 5.91 Å². The third-order valence-electron chi connectivity index (χ3n) is 2.77. The number of hydrogen-bond acceptors (Lipinski definition) is 3. The lowest BCUT2D eigenvalue weighted by Gasteiger charge is -2.31. The summed E-state index contributed by atoms with van der Waals surface area (Å²) < 4.78 is 5.61. The Hall–Kier alpha value is -1.65. The van der Waals surface area contributed by atoms with Crippen molar-refractivity contribution in [3.63, 3.8) is 0 Å². The first-order valence-corrected chi connectivity index (χ1v) is 6.24. The molecule has 0 heterocycles. The molecule has 1 aromatic carbocycles. The number of carbonyl (C=O) groups excluding carboxylic acids is 1. The number of ether oxygens (including phenoxy) is 1. The van der Waals surface area contributed by atoms with E-state index >= 15 is 0 Å². The maximum absolute atomic E-state index is 11.2. The summed E-state index contributed by atoms with van der Waals surface area (Å²) in [6.07, 6.45) is 2.12. The Labute approximate surface area is 114 Å². The molecule has 0 aliphatic carbocycles. The number of hydrogen-bond donors (Lipinski definition) is 2. The van der Waals surface area contributed by atoms with Crippen LogP contribution < -0.4 is 5.32 Å². The first-order valence-electron chi connectivity index (χ1n) is 6.24. The van der Waals surface area contributed by atoms with Crippen molar-refractivity contribution in [2.75, 3.05) is 13.2 Å². The van der Waals surface area contributed by atoms with Crippen LogP contribution in [0.15, 0.2) is 43.0 Å². The molecular formula is C15H21NO3. The quantitative estimate of drug-likeness (QED) is 0.701. The molecule has 0 aromatic heterocycles. The maximum atomic E-state index is 11.2. The van der Waals surface area contributed by atoms with Crippen LogP contribution in [0.3, 0.4) is 0 Å². The normalized spacial score (nSPS) is 13.6. The number of amides is 1. The van der Waals surface area contributed by atoms with Gasteiger partial charge in [0.05, 0.1) is 25.4 Å². The molecule has 0 fully saturated rings. The average Bonchev–Trinajstić information content (AvgIpc) is 2.39. The minimum absolute atomic E-state index is 0.187. The summed E-state index contributed by atoms with van der Waals surface area (Å²) in [5.74, 6) is -0.195. The lowest BCUT2D eigenvalue weighted by Crippen LogP contribution is -2.53. The minimum atomic E-state index is -0.789. The highest BCUT2D eigenvalue weighted by Crippen LogP contribution is 2.13. The number of aliphatic hydroxyl groups is 1. The summed E-state index contributed by atoms with van der Waals surface area (Å²) in [5, 5.41) is 12.3. The zero-order chi connectivity index (χ0) is 14.1. The minimum Gasteiger partial charge on any atom is -0.394 e. The standard InChI is InChI=1S/C15H21NO3/c1-3-9-15(11-17,16-13(2)18)12-19-10-14-7-5-4-6-8-14/h3-8,17H,1,9-12H2,2H3,(H,16,18)/t15-/m0/s1. The van der Waals surface area contributed by atoms with Crippen LogP contribution in [0, 0.1) is 0 Å². The SMILES string of the molecule is C=CC[C@](CO)(COCc1ccccc1)NC(C)=O. The van der Waals surface area contributed by atoms with E-state index in [0.29, 0.717) is 13.0 Å². The molecule has 0 saturated heterocycles. The third kappa shape index (κ3) is 5.24. The molecule has 1 amide bonds. The second-order valence-electron chi connectivity index (χ2n) is 4.59. The summed E-state index contributed by atoms with van der Waals surface area (Å²) >= 11 is 0. The number of aliphatic hydroxyl groups excluding tert-OH is 1. The zero-order valence-corrected chi connectivity index (χ0v) is 11.3. The fourth-order valence-electron chi connectivity index (χ4n) is 1.88. The molecule has 0 saturated carbocycles. The van der Waals surface area contributed by atoms with Gasteiger partial charge in [-0.1, -0.05) is 36.4 Å². The van der Waals surface area contributed by atoms with Gasteiger partial charge in [0.1, 0.15) is 0 Å². The van der Waals surface area contributed by atoms with Crippen molar-refractivity contribution in [1.82, 2.24) is 5.32 Å². The molecule has 0 aliphatic heterocycles. The Morgan fingerprint density at radius 3 is 2.68 bits per heavy atom. The molecule has 0 unspecified atom stereocenters. The van der Waals surface area contributed by atoms with E-state index in [0.717, 1.165) is 5.56 Å². The predicted octanol–water partition coefficient (Wildman–Crippen LogP) is 1.65. The van der Waals surface area contributed by atoms with Gasteiger partial charge in [-0.2, -0.15) is 0 Å². The topological polar surface area (TPSA) is 58.6 Å². The number of carbonyl (C=O) groups is 1. The summed E-state index contributed by atoms with van der Waals surface area (Å²) in [5.41, 5.74) is 0.262. The van der Waals surface area contributed by atoms with Gasteiger partial charge in [0, 0.05) is 6.92 Å². The molecule has 104 valence electrons. The van der Waals surface area contributed by atoms with E-state index in [-0.39, 0.29) is 19.1 Å². The second kappa shape index (κ2) is 7.71. The number of benzene rings is 1. The van der Waals surface area contributed by atoms with Gasteiger partial charge in [-0.3, -0.25) is 4.79 Å². The van der Waals surface area contributed by atoms with Crippen molar-refractivity contribution in [2.24, 2.45) is 0 Å². The van der Waals surface area contributed by atoms with Gasteiger partial charge in [0.25, 0.3) is 0 Å².